The molecule has 0 aliphatic carbocycles. The van der Waals surface area contributed by atoms with Crippen LogP contribution in [-0.4, -0.2) is 12.1 Å². The van der Waals surface area contributed by atoms with E-state index in [2.05, 4.69) is 32.2 Å². The van der Waals surface area contributed by atoms with Crippen LogP contribution in [0.25, 0.3) is 0 Å². The Labute approximate surface area is 76.0 Å². The molecule has 0 fully saturated rings. The Morgan fingerprint density at radius 1 is 1.25 bits per heavy atom. The van der Waals surface area contributed by atoms with E-state index < -0.39 is 5.54 Å². The summed E-state index contributed by atoms with van der Waals surface area (Å²) in [6, 6.07) is 2.23. The molecule has 0 aromatic rings. The zero-order valence-electron chi connectivity index (χ0n) is 8.86. The molecule has 0 saturated heterocycles. The number of nitrogens with one attached hydrogen (secondary N) is 1. The summed E-state index contributed by atoms with van der Waals surface area (Å²) in [5.74, 6) is 0. The maximum Gasteiger partial charge on any atom is 0.101 e. The summed E-state index contributed by atoms with van der Waals surface area (Å²) in [6.45, 7) is 11.3. The van der Waals surface area contributed by atoms with Crippen LogP contribution in [0.5, 0.6) is 0 Å². The first-order chi connectivity index (χ1) is 5.33. The van der Waals surface area contributed by atoms with E-state index in [0.717, 1.165) is 13.0 Å². The second-order valence-corrected chi connectivity index (χ2v) is 4.61. The van der Waals surface area contributed by atoms with Crippen molar-refractivity contribution < 1.29 is 0 Å². The van der Waals surface area contributed by atoms with Gasteiger partial charge in [0.05, 0.1) is 6.07 Å². The molecular weight excluding hydrogens is 148 g/mol. The van der Waals surface area contributed by atoms with Crippen molar-refractivity contribution in [3.63, 3.8) is 0 Å². The second-order valence-electron chi connectivity index (χ2n) is 4.61. The number of hydrogen-bond acceptors (Lipinski definition) is 2. The SMILES string of the molecule is CCC(C)(C)CNC(C)(C)C#N. The van der Waals surface area contributed by atoms with E-state index in [0.29, 0.717) is 0 Å². The van der Waals surface area contributed by atoms with Crippen LogP contribution in [0.1, 0.15) is 41.0 Å². The van der Waals surface area contributed by atoms with E-state index in [9.17, 15) is 0 Å². The predicted molar refractivity (Wildman–Crippen MR) is 51.8 cm³/mol. The normalized spacial score (nSPS) is 12.7. The van der Waals surface area contributed by atoms with E-state index in [4.69, 9.17) is 5.26 Å². The lowest BCUT2D eigenvalue weighted by Gasteiger charge is -2.27. The molecule has 0 spiro atoms. The van der Waals surface area contributed by atoms with Crippen LogP contribution in [0.15, 0.2) is 0 Å². The Morgan fingerprint density at radius 2 is 1.75 bits per heavy atom. The van der Waals surface area contributed by atoms with Crippen LogP contribution in [0.3, 0.4) is 0 Å². The molecule has 0 unspecified atom stereocenters. The lowest BCUT2D eigenvalue weighted by atomic mass is 9.89. The van der Waals surface area contributed by atoms with Crippen molar-refractivity contribution >= 4 is 0 Å². The third-order valence-electron chi connectivity index (χ3n) is 2.25. The van der Waals surface area contributed by atoms with Crippen molar-refractivity contribution in [2.24, 2.45) is 5.41 Å². The van der Waals surface area contributed by atoms with Crippen molar-refractivity contribution in [2.45, 2.75) is 46.6 Å². The molecule has 0 bridgehead atoms. The summed E-state index contributed by atoms with van der Waals surface area (Å²) in [6.07, 6.45) is 1.13. The molecule has 0 saturated carbocycles. The third-order valence-corrected chi connectivity index (χ3v) is 2.25. The number of hydrogen-bond donors (Lipinski definition) is 1. The van der Waals surface area contributed by atoms with Crippen molar-refractivity contribution in [2.75, 3.05) is 6.54 Å². The van der Waals surface area contributed by atoms with Crippen LogP contribution >= 0.6 is 0 Å². The summed E-state index contributed by atoms with van der Waals surface area (Å²) < 4.78 is 0. The lowest BCUT2D eigenvalue weighted by Crippen LogP contribution is -2.43. The summed E-state index contributed by atoms with van der Waals surface area (Å²) in [5.41, 5.74) is -0.111. The predicted octanol–water partition coefficient (Wildman–Crippen LogP) is 2.31. The van der Waals surface area contributed by atoms with Crippen molar-refractivity contribution in [3.8, 4) is 6.07 Å². The van der Waals surface area contributed by atoms with Gasteiger partial charge in [-0.2, -0.15) is 5.26 Å². The molecule has 12 heavy (non-hydrogen) atoms. The van der Waals surface area contributed by atoms with E-state index in [1.54, 1.807) is 0 Å². The van der Waals surface area contributed by atoms with Crippen LogP contribution in [0, 0.1) is 16.7 Å². The highest BCUT2D eigenvalue weighted by Gasteiger charge is 2.21. The summed E-state index contributed by atoms with van der Waals surface area (Å²) in [7, 11) is 0. The molecule has 0 amide bonds. The Morgan fingerprint density at radius 3 is 2.08 bits per heavy atom. The van der Waals surface area contributed by atoms with Gasteiger partial charge in [0.25, 0.3) is 0 Å². The fraction of sp³-hybridized carbons (Fsp3) is 0.900. The van der Waals surface area contributed by atoms with Gasteiger partial charge in [-0.1, -0.05) is 20.8 Å². The maximum atomic E-state index is 8.75. The summed E-state index contributed by atoms with van der Waals surface area (Å²) in [5, 5.41) is 12.0. The van der Waals surface area contributed by atoms with Gasteiger partial charge in [0, 0.05) is 6.54 Å². The molecule has 0 aromatic carbocycles. The highest BCUT2D eigenvalue weighted by molar-refractivity contribution is 5.00. The Bertz CT molecular complexity index is 175. The summed E-state index contributed by atoms with van der Waals surface area (Å²) >= 11 is 0. The van der Waals surface area contributed by atoms with Gasteiger partial charge in [0.2, 0.25) is 0 Å². The Hall–Kier alpha value is -0.550. The van der Waals surface area contributed by atoms with E-state index >= 15 is 0 Å². The van der Waals surface area contributed by atoms with E-state index in [1.165, 1.54) is 0 Å². The first-order valence-corrected chi connectivity index (χ1v) is 4.49. The first kappa shape index (κ1) is 11.4. The number of nitriles is 1. The maximum absolute atomic E-state index is 8.75. The number of nitrogens with zero attached hydrogens (tertiary/aromatic N) is 1. The average molecular weight is 168 g/mol. The van der Waals surface area contributed by atoms with Crippen molar-refractivity contribution in [3.05, 3.63) is 0 Å². The molecule has 0 radical (unpaired) electrons. The Balaban J connectivity index is 3.93. The van der Waals surface area contributed by atoms with Crippen LogP contribution < -0.4 is 5.32 Å². The molecule has 0 aliphatic rings. The zero-order chi connectivity index (χ0) is 9.83. The fourth-order valence-corrected chi connectivity index (χ4v) is 0.625. The molecule has 0 rings (SSSR count). The van der Waals surface area contributed by atoms with Gasteiger partial charge in [-0.25, -0.2) is 0 Å². The monoisotopic (exact) mass is 168 g/mol. The highest BCUT2D eigenvalue weighted by Crippen LogP contribution is 2.18. The van der Waals surface area contributed by atoms with Crippen LogP contribution in [0.4, 0.5) is 0 Å². The smallest absolute Gasteiger partial charge is 0.101 e. The van der Waals surface area contributed by atoms with Crippen molar-refractivity contribution in [1.82, 2.24) is 5.32 Å². The van der Waals surface area contributed by atoms with Gasteiger partial charge in [-0.3, -0.25) is 5.32 Å². The molecule has 0 atom stereocenters. The van der Waals surface area contributed by atoms with Gasteiger partial charge in [0.1, 0.15) is 5.54 Å². The van der Waals surface area contributed by atoms with Crippen molar-refractivity contribution in [1.29, 1.82) is 5.26 Å². The molecular formula is C10H20N2. The Kier molecular flexibility index (Phi) is 3.73. The third kappa shape index (κ3) is 4.35. The highest BCUT2D eigenvalue weighted by atomic mass is 15.0. The fourth-order valence-electron chi connectivity index (χ4n) is 0.625. The summed E-state index contributed by atoms with van der Waals surface area (Å²) in [4.78, 5) is 0. The quantitative estimate of drug-likeness (QED) is 0.699. The van der Waals surface area contributed by atoms with E-state index in [1.807, 2.05) is 13.8 Å². The molecule has 0 aliphatic heterocycles. The molecule has 0 heterocycles. The van der Waals surface area contributed by atoms with Gasteiger partial charge in [-0.05, 0) is 25.7 Å². The largest absolute Gasteiger partial charge is 0.299 e. The van der Waals surface area contributed by atoms with E-state index in [-0.39, 0.29) is 5.41 Å². The topological polar surface area (TPSA) is 35.8 Å². The molecule has 1 N–H and O–H groups in total. The van der Waals surface area contributed by atoms with Gasteiger partial charge < -0.3 is 0 Å². The standard InChI is InChI=1S/C10H20N2/c1-6-9(2,3)8-12-10(4,5)7-11/h12H,6,8H2,1-5H3. The van der Waals surface area contributed by atoms with Gasteiger partial charge >= 0.3 is 0 Å². The average Bonchev–Trinajstić information content (AvgIpc) is 2.02. The zero-order valence-corrected chi connectivity index (χ0v) is 8.86. The van der Waals surface area contributed by atoms with Crippen LogP contribution in [0.2, 0.25) is 0 Å². The second kappa shape index (κ2) is 3.91. The van der Waals surface area contributed by atoms with Gasteiger partial charge in [0.15, 0.2) is 0 Å². The minimum Gasteiger partial charge on any atom is -0.299 e. The minimum atomic E-state index is -0.396. The minimum absolute atomic E-state index is 0.286. The molecule has 0 aromatic heterocycles. The van der Waals surface area contributed by atoms with Gasteiger partial charge in [-0.15, -0.1) is 0 Å². The lowest BCUT2D eigenvalue weighted by molar-refractivity contribution is 0.298. The molecule has 2 nitrogen and oxygen atoms in total. The molecule has 70 valence electrons. The number of rotatable bonds is 4. The van der Waals surface area contributed by atoms with Crippen LogP contribution in [-0.2, 0) is 0 Å². The first-order valence-electron chi connectivity index (χ1n) is 4.49. The molecule has 2 heteroatoms.